The smallest absolute Gasteiger partial charge is 0.309 e. The predicted octanol–water partition coefficient (Wildman–Crippen LogP) is 10.5. The van der Waals surface area contributed by atoms with E-state index >= 15 is 0 Å². The van der Waals surface area contributed by atoms with E-state index in [2.05, 4.69) is 33.8 Å². The van der Waals surface area contributed by atoms with Gasteiger partial charge in [-0.3, -0.25) is 9.59 Å². The monoisotopic (exact) mass is 641 g/mol. The van der Waals surface area contributed by atoms with Crippen LogP contribution in [0.2, 0.25) is 0 Å². The second-order valence-electron chi connectivity index (χ2n) is 16.6. The van der Waals surface area contributed by atoms with Crippen LogP contribution in [-0.4, -0.2) is 37.4 Å². The Bertz CT molecular complexity index is 1010. The van der Waals surface area contributed by atoms with E-state index < -0.39 is 0 Å². The fraction of sp³-hybridized carbons (Fsp3) is 0.902. The summed E-state index contributed by atoms with van der Waals surface area (Å²) in [7, 11) is 0. The number of fused-ring (bicyclic) bond motifs is 5. The number of rotatable bonds is 16. The van der Waals surface area contributed by atoms with Crippen LogP contribution in [0.3, 0.4) is 0 Å². The maximum atomic E-state index is 13.4. The highest BCUT2D eigenvalue weighted by Gasteiger charge is 2.60. The summed E-state index contributed by atoms with van der Waals surface area (Å²) in [4.78, 5) is 26.7. The summed E-state index contributed by atoms with van der Waals surface area (Å²) >= 11 is 0. The topological polar surface area (TPSA) is 61.8 Å². The average Bonchev–Trinajstić information content (AvgIpc) is 3.42. The predicted molar refractivity (Wildman–Crippen MR) is 185 cm³/mol. The normalized spacial score (nSPS) is 37.0. The molecule has 7 unspecified atom stereocenters. The molecule has 4 saturated carbocycles. The van der Waals surface area contributed by atoms with E-state index in [9.17, 15) is 9.59 Å². The van der Waals surface area contributed by atoms with Crippen LogP contribution >= 0.6 is 0 Å². The lowest BCUT2D eigenvalue weighted by Gasteiger charge is -2.57. The zero-order chi connectivity index (χ0) is 32.6. The molecule has 0 aromatic carbocycles. The summed E-state index contributed by atoms with van der Waals surface area (Å²) in [5.74, 6) is 2.11. The SMILES string of the molecule is CCCCCCCCOC1CCC(OC(=O)C2CCC3(C)C(=CCC4C3CCC3(C)C(C(=O)OCCCCCC)CCC43)C2)CC1. The summed E-state index contributed by atoms with van der Waals surface area (Å²) in [6.07, 6.45) is 27.7. The van der Waals surface area contributed by atoms with Gasteiger partial charge in [-0.15, -0.1) is 0 Å². The molecule has 0 aromatic rings. The largest absolute Gasteiger partial charge is 0.465 e. The van der Waals surface area contributed by atoms with E-state index in [-0.39, 0.29) is 40.7 Å². The average molecular weight is 641 g/mol. The Morgan fingerprint density at radius 3 is 2.15 bits per heavy atom. The minimum atomic E-state index is 0.00868. The van der Waals surface area contributed by atoms with Crippen LogP contribution in [0.5, 0.6) is 0 Å². The maximum Gasteiger partial charge on any atom is 0.309 e. The van der Waals surface area contributed by atoms with Crippen LogP contribution in [0.15, 0.2) is 11.6 Å². The van der Waals surface area contributed by atoms with Crippen LogP contribution < -0.4 is 0 Å². The lowest BCUT2D eigenvalue weighted by atomic mass is 9.47. The molecular formula is C41H68O5. The second kappa shape index (κ2) is 16.8. The Hall–Kier alpha value is -1.36. The Labute approximate surface area is 281 Å². The highest BCUT2D eigenvalue weighted by Crippen LogP contribution is 2.66. The molecule has 0 spiro atoms. The van der Waals surface area contributed by atoms with Crippen molar-refractivity contribution in [1.29, 1.82) is 0 Å². The van der Waals surface area contributed by atoms with Gasteiger partial charge >= 0.3 is 11.9 Å². The third-order valence-electron chi connectivity index (χ3n) is 13.7. The minimum absolute atomic E-state index is 0.00868. The molecule has 0 heterocycles. The van der Waals surface area contributed by atoms with Gasteiger partial charge in [0.25, 0.3) is 0 Å². The summed E-state index contributed by atoms with van der Waals surface area (Å²) in [5.41, 5.74) is 1.78. The zero-order valence-electron chi connectivity index (χ0n) is 30.1. The number of ether oxygens (including phenoxy) is 3. The van der Waals surface area contributed by atoms with Gasteiger partial charge in [0.2, 0.25) is 0 Å². The van der Waals surface area contributed by atoms with E-state index in [4.69, 9.17) is 14.2 Å². The first kappa shape index (κ1) is 35.9. The van der Waals surface area contributed by atoms with Crippen LogP contribution in [0.25, 0.3) is 0 Å². The summed E-state index contributed by atoms with van der Waals surface area (Å²) < 4.78 is 18.2. The van der Waals surface area contributed by atoms with Gasteiger partial charge in [-0.1, -0.05) is 90.7 Å². The minimum Gasteiger partial charge on any atom is -0.465 e. The number of carbonyl (C=O) groups is 2. The standard InChI is InChI=1S/C41H68O5/c1-5-7-9-11-12-14-27-44-32-16-18-33(19-17-32)46-38(42)30-23-25-40(3)31(29-30)15-20-34-35-21-22-37(41(35,4)26-24-36(34)40)39(43)45-28-13-10-8-6-2/h15,30,32-37H,5-14,16-29H2,1-4H3. The molecule has 0 aliphatic heterocycles. The molecule has 0 aromatic heterocycles. The summed E-state index contributed by atoms with van der Waals surface area (Å²) in [6.45, 7) is 10.9. The van der Waals surface area contributed by atoms with Gasteiger partial charge in [-0.25, -0.2) is 0 Å². The molecule has 5 rings (SSSR count). The first-order valence-corrected chi connectivity index (χ1v) is 20.0. The van der Waals surface area contributed by atoms with Crippen molar-refractivity contribution in [2.75, 3.05) is 13.2 Å². The molecule has 4 fully saturated rings. The van der Waals surface area contributed by atoms with E-state index in [1.54, 1.807) is 0 Å². The van der Waals surface area contributed by atoms with E-state index in [1.165, 1.54) is 63.4 Å². The summed E-state index contributed by atoms with van der Waals surface area (Å²) in [5, 5.41) is 0. The Morgan fingerprint density at radius 2 is 1.39 bits per heavy atom. The van der Waals surface area contributed by atoms with Crippen molar-refractivity contribution in [1.82, 2.24) is 0 Å². The molecule has 46 heavy (non-hydrogen) atoms. The third-order valence-corrected chi connectivity index (χ3v) is 13.7. The molecule has 0 amide bonds. The van der Waals surface area contributed by atoms with Gasteiger partial charge < -0.3 is 14.2 Å². The van der Waals surface area contributed by atoms with Crippen LogP contribution in [0.4, 0.5) is 0 Å². The highest BCUT2D eigenvalue weighted by atomic mass is 16.5. The van der Waals surface area contributed by atoms with Gasteiger partial charge in [0.1, 0.15) is 6.10 Å². The number of esters is 2. The number of hydrogen-bond donors (Lipinski definition) is 0. The number of unbranched alkanes of at least 4 members (excludes halogenated alkanes) is 8. The van der Waals surface area contributed by atoms with Crippen molar-refractivity contribution < 1.29 is 23.8 Å². The second-order valence-corrected chi connectivity index (χ2v) is 16.6. The van der Waals surface area contributed by atoms with E-state index in [0.29, 0.717) is 30.5 Å². The van der Waals surface area contributed by atoms with Gasteiger partial charge in [-0.05, 0) is 118 Å². The molecule has 5 nitrogen and oxygen atoms in total. The number of allylic oxidation sites excluding steroid dienone is 2. The maximum absolute atomic E-state index is 13.4. The van der Waals surface area contributed by atoms with Crippen molar-refractivity contribution >= 4 is 11.9 Å². The third kappa shape index (κ3) is 8.25. The molecule has 0 N–H and O–H groups in total. The van der Waals surface area contributed by atoms with Crippen molar-refractivity contribution in [3.63, 3.8) is 0 Å². The van der Waals surface area contributed by atoms with E-state index in [0.717, 1.165) is 90.1 Å². The molecule has 7 atom stereocenters. The molecule has 5 aliphatic rings. The Morgan fingerprint density at radius 1 is 0.717 bits per heavy atom. The molecule has 262 valence electrons. The lowest BCUT2D eigenvalue weighted by molar-refractivity contribution is -0.159. The molecule has 0 radical (unpaired) electrons. The van der Waals surface area contributed by atoms with Crippen molar-refractivity contribution in [2.45, 2.75) is 181 Å². The fourth-order valence-corrected chi connectivity index (χ4v) is 10.8. The number of carbonyl (C=O) groups excluding carboxylic acids is 2. The molecular weight excluding hydrogens is 572 g/mol. The van der Waals surface area contributed by atoms with Crippen molar-refractivity contribution in [3.8, 4) is 0 Å². The van der Waals surface area contributed by atoms with Gasteiger partial charge in [0.15, 0.2) is 0 Å². The number of hydrogen-bond acceptors (Lipinski definition) is 5. The van der Waals surface area contributed by atoms with Crippen LogP contribution in [-0.2, 0) is 23.8 Å². The van der Waals surface area contributed by atoms with Crippen LogP contribution in [0, 0.1) is 40.4 Å². The quantitative estimate of drug-likeness (QED) is 0.0954. The van der Waals surface area contributed by atoms with E-state index in [1.807, 2.05) is 0 Å². The fourth-order valence-electron chi connectivity index (χ4n) is 10.8. The molecule has 5 aliphatic carbocycles. The first-order valence-electron chi connectivity index (χ1n) is 20.0. The van der Waals surface area contributed by atoms with Gasteiger partial charge in [0, 0.05) is 6.61 Å². The van der Waals surface area contributed by atoms with Gasteiger partial charge in [0.05, 0.1) is 24.5 Å². The molecule has 0 bridgehead atoms. The summed E-state index contributed by atoms with van der Waals surface area (Å²) in [6, 6.07) is 0. The lowest BCUT2D eigenvalue weighted by Crippen LogP contribution is -2.51. The van der Waals surface area contributed by atoms with Crippen LogP contribution in [0.1, 0.15) is 169 Å². The zero-order valence-corrected chi connectivity index (χ0v) is 30.1. The van der Waals surface area contributed by atoms with Crippen molar-refractivity contribution in [3.05, 3.63) is 11.6 Å². The first-order chi connectivity index (χ1) is 22.3. The Kier molecular flexibility index (Phi) is 13.2. The van der Waals surface area contributed by atoms with Crippen molar-refractivity contribution in [2.24, 2.45) is 40.4 Å². The highest BCUT2D eigenvalue weighted by molar-refractivity contribution is 5.74. The molecule has 5 heteroatoms. The van der Waals surface area contributed by atoms with Gasteiger partial charge in [-0.2, -0.15) is 0 Å². The Balaban J connectivity index is 1.07. The molecule has 0 saturated heterocycles.